The van der Waals surface area contributed by atoms with Crippen LogP contribution >= 0.6 is 11.8 Å². The number of rotatable bonds is 13. The number of benzene rings is 2. The number of para-hydroxylation sites is 1. The molecule has 0 aliphatic heterocycles. The first kappa shape index (κ1) is 37.7. The quantitative estimate of drug-likeness (QED) is 0.227. The van der Waals surface area contributed by atoms with Gasteiger partial charge in [-0.3, -0.25) is 9.59 Å². The van der Waals surface area contributed by atoms with Gasteiger partial charge in [-0.1, -0.05) is 48.5 Å². The maximum atomic E-state index is 14.6. The van der Waals surface area contributed by atoms with Crippen molar-refractivity contribution >= 4 is 35.6 Å². The molecule has 3 unspecified atom stereocenters. The minimum Gasteiger partial charge on any atom is -0.507 e. The summed E-state index contributed by atoms with van der Waals surface area (Å²) in [5, 5.41) is 16.9. The number of carbonyl (C=O) groups is 4. The summed E-state index contributed by atoms with van der Waals surface area (Å²) < 4.78 is 11.2. The number of hydrogen-bond acceptors (Lipinski definition) is 8. The van der Waals surface area contributed by atoms with Crippen LogP contribution in [0.1, 0.15) is 90.0 Å². The first-order chi connectivity index (χ1) is 22.0. The van der Waals surface area contributed by atoms with Crippen LogP contribution in [0.15, 0.2) is 48.5 Å². The van der Waals surface area contributed by atoms with E-state index >= 15 is 0 Å². The van der Waals surface area contributed by atoms with E-state index in [2.05, 4.69) is 10.6 Å². The Balaban J connectivity index is 2.09. The van der Waals surface area contributed by atoms with Gasteiger partial charge in [0.1, 0.15) is 35.1 Å². The number of nitrogens with zero attached hydrogens (tertiary/aromatic N) is 1. The molecule has 0 spiro atoms. The summed E-state index contributed by atoms with van der Waals surface area (Å²) >= 11 is 1.53. The highest BCUT2D eigenvalue weighted by Gasteiger charge is 2.44. The number of esters is 1. The lowest BCUT2D eigenvalue weighted by molar-refractivity contribution is -0.159. The number of aromatic hydroxyl groups is 1. The van der Waals surface area contributed by atoms with Crippen LogP contribution in [0.5, 0.6) is 5.75 Å². The van der Waals surface area contributed by atoms with E-state index < -0.39 is 53.2 Å². The molecule has 0 aromatic heterocycles. The van der Waals surface area contributed by atoms with E-state index in [0.717, 1.165) is 12.0 Å². The van der Waals surface area contributed by atoms with Crippen molar-refractivity contribution in [3.8, 4) is 5.75 Å². The van der Waals surface area contributed by atoms with E-state index in [4.69, 9.17) is 9.47 Å². The van der Waals surface area contributed by atoms with Gasteiger partial charge in [-0.15, -0.1) is 0 Å². The molecule has 3 atom stereocenters. The van der Waals surface area contributed by atoms with E-state index in [1.165, 1.54) is 16.7 Å². The van der Waals surface area contributed by atoms with Crippen molar-refractivity contribution in [1.29, 1.82) is 0 Å². The number of phenolic OH excluding ortho intramolecular Hbond substituents is 1. The molecule has 2 aromatic carbocycles. The zero-order valence-corrected chi connectivity index (χ0v) is 29.7. The molecule has 0 bridgehead atoms. The number of nitrogens with one attached hydrogen (secondary N) is 2. The zero-order valence-electron chi connectivity index (χ0n) is 28.9. The Labute approximate surface area is 283 Å². The van der Waals surface area contributed by atoms with Crippen molar-refractivity contribution in [2.75, 3.05) is 12.0 Å². The minimum atomic E-state index is -1.30. The lowest BCUT2D eigenvalue weighted by atomic mass is 9.87. The second kappa shape index (κ2) is 16.4. The third kappa shape index (κ3) is 11.2. The smallest absolute Gasteiger partial charge is 0.408 e. The Hall–Kier alpha value is -3.73. The summed E-state index contributed by atoms with van der Waals surface area (Å²) in [5.74, 6) is -1.28. The highest BCUT2D eigenvalue weighted by Crippen LogP contribution is 2.38. The van der Waals surface area contributed by atoms with E-state index in [1.54, 1.807) is 66.7 Å². The number of aryl methyl sites for hydroxylation is 1. The summed E-state index contributed by atoms with van der Waals surface area (Å²) in [5.41, 5.74) is -0.0251. The Morgan fingerprint density at radius 1 is 0.915 bits per heavy atom. The van der Waals surface area contributed by atoms with Crippen LogP contribution in [0.3, 0.4) is 0 Å². The molecule has 47 heavy (non-hydrogen) atoms. The molecule has 0 heterocycles. The normalized spacial score (nSPS) is 15.4. The third-order valence-electron chi connectivity index (χ3n) is 7.70. The summed E-state index contributed by atoms with van der Waals surface area (Å²) in [4.78, 5) is 57.1. The molecule has 0 radical (unpaired) electrons. The van der Waals surface area contributed by atoms with Gasteiger partial charge in [0, 0.05) is 18.0 Å². The lowest BCUT2D eigenvalue weighted by Crippen LogP contribution is -2.58. The monoisotopic (exact) mass is 669 g/mol. The van der Waals surface area contributed by atoms with Crippen molar-refractivity contribution in [2.45, 2.75) is 116 Å². The van der Waals surface area contributed by atoms with Crippen LogP contribution in [0.25, 0.3) is 0 Å². The standard InChI is InChI=1S/C36H51N3O7S/c1-23-14-12-19-26(30(23)40)29(31(41)37-28(33(43)45-35(2,3)4)22-24-15-10-9-11-16-24)39(25-17-13-18-25)32(42)27(20-21-47-8)38-34(44)46-36(5,6)7/h9-12,14-16,19,25,27-29,40H,13,17-18,20-22H2,1-8H3,(H,37,41)(H,38,44). The Kier molecular flexibility index (Phi) is 13.2. The Morgan fingerprint density at radius 2 is 1.55 bits per heavy atom. The van der Waals surface area contributed by atoms with Gasteiger partial charge in [-0.05, 0) is 97.3 Å². The average Bonchev–Trinajstić information content (AvgIpc) is 2.94. The molecule has 1 aliphatic rings. The van der Waals surface area contributed by atoms with Crippen LogP contribution in [0, 0.1) is 6.92 Å². The molecular formula is C36H51N3O7S. The van der Waals surface area contributed by atoms with Crippen molar-refractivity contribution < 1.29 is 33.8 Å². The molecule has 1 aliphatic carbocycles. The number of thioether (sulfide) groups is 1. The first-order valence-corrected chi connectivity index (χ1v) is 17.6. The third-order valence-corrected chi connectivity index (χ3v) is 8.35. The van der Waals surface area contributed by atoms with Crippen LogP contribution in [-0.2, 0) is 30.3 Å². The average molecular weight is 670 g/mol. The highest BCUT2D eigenvalue weighted by molar-refractivity contribution is 7.98. The van der Waals surface area contributed by atoms with Gasteiger partial charge in [-0.2, -0.15) is 11.8 Å². The molecule has 3 amide bonds. The van der Waals surface area contributed by atoms with Crippen molar-refractivity contribution in [3.63, 3.8) is 0 Å². The van der Waals surface area contributed by atoms with Gasteiger partial charge in [0.15, 0.2) is 0 Å². The van der Waals surface area contributed by atoms with Crippen molar-refractivity contribution in [3.05, 3.63) is 65.2 Å². The Morgan fingerprint density at radius 3 is 2.11 bits per heavy atom. The molecule has 11 heteroatoms. The molecule has 1 fully saturated rings. The van der Waals surface area contributed by atoms with Gasteiger partial charge in [0.2, 0.25) is 11.8 Å². The van der Waals surface area contributed by atoms with Gasteiger partial charge < -0.3 is 30.1 Å². The number of ether oxygens (including phenoxy) is 2. The second-order valence-corrected chi connectivity index (χ2v) is 15.0. The van der Waals surface area contributed by atoms with Crippen LogP contribution in [0.4, 0.5) is 4.79 Å². The largest absolute Gasteiger partial charge is 0.507 e. The van der Waals surface area contributed by atoms with E-state index in [0.29, 0.717) is 30.6 Å². The fourth-order valence-electron chi connectivity index (χ4n) is 5.29. The summed E-state index contributed by atoms with van der Waals surface area (Å²) in [6.45, 7) is 12.2. The van der Waals surface area contributed by atoms with Gasteiger partial charge in [-0.25, -0.2) is 9.59 Å². The maximum absolute atomic E-state index is 14.6. The van der Waals surface area contributed by atoms with Crippen LogP contribution < -0.4 is 10.6 Å². The number of amides is 3. The zero-order chi connectivity index (χ0) is 34.9. The lowest BCUT2D eigenvalue weighted by Gasteiger charge is -2.44. The molecule has 2 aromatic rings. The van der Waals surface area contributed by atoms with Gasteiger partial charge in [0.05, 0.1) is 0 Å². The Bertz CT molecular complexity index is 1380. The van der Waals surface area contributed by atoms with Gasteiger partial charge >= 0.3 is 12.1 Å². The molecular weight excluding hydrogens is 618 g/mol. The fraction of sp³-hybridized carbons (Fsp3) is 0.556. The summed E-state index contributed by atoms with van der Waals surface area (Å²) in [6, 6.07) is 10.6. The van der Waals surface area contributed by atoms with Gasteiger partial charge in [0.25, 0.3) is 0 Å². The summed E-state index contributed by atoms with van der Waals surface area (Å²) in [7, 11) is 0. The molecule has 3 rings (SSSR count). The number of carbonyl (C=O) groups excluding carboxylic acids is 4. The SMILES string of the molecule is CSCCC(NC(=O)OC(C)(C)C)C(=O)N(C1CCC1)C(C(=O)NC(Cc1ccccc1)C(=O)OC(C)(C)C)c1cccc(C)c1O. The van der Waals surface area contributed by atoms with E-state index in [1.807, 2.05) is 36.6 Å². The molecule has 10 nitrogen and oxygen atoms in total. The predicted octanol–water partition coefficient (Wildman–Crippen LogP) is 5.84. The van der Waals surface area contributed by atoms with Crippen molar-refractivity contribution in [1.82, 2.24) is 15.5 Å². The summed E-state index contributed by atoms with van der Waals surface area (Å²) in [6.07, 6.45) is 3.76. The van der Waals surface area contributed by atoms with E-state index in [-0.39, 0.29) is 23.8 Å². The van der Waals surface area contributed by atoms with E-state index in [9.17, 15) is 24.3 Å². The maximum Gasteiger partial charge on any atom is 0.408 e. The number of hydrogen-bond donors (Lipinski definition) is 3. The highest BCUT2D eigenvalue weighted by atomic mass is 32.2. The molecule has 3 N–H and O–H groups in total. The molecule has 258 valence electrons. The second-order valence-electron chi connectivity index (χ2n) is 14.0. The number of phenols is 1. The molecule has 0 saturated heterocycles. The van der Waals surface area contributed by atoms with Crippen LogP contribution in [-0.4, -0.2) is 75.2 Å². The topological polar surface area (TPSA) is 134 Å². The molecule has 1 saturated carbocycles. The van der Waals surface area contributed by atoms with Crippen molar-refractivity contribution in [2.24, 2.45) is 0 Å². The van der Waals surface area contributed by atoms with Crippen LogP contribution in [0.2, 0.25) is 0 Å². The number of alkyl carbamates (subject to hydrolysis) is 1. The first-order valence-electron chi connectivity index (χ1n) is 16.2. The fourth-order valence-corrected chi connectivity index (χ4v) is 5.76. The minimum absolute atomic E-state index is 0.123. The predicted molar refractivity (Wildman–Crippen MR) is 184 cm³/mol.